The zero-order valence-electron chi connectivity index (χ0n) is 5.11. The monoisotopic (exact) mass is 184 g/mol. The molecule has 0 aromatic heterocycles. The van der Waals surface area contributed by atoms with Crippen molar-refractivity contribution in [2.45, 2.75) is 0 Å². The fourth-order valence-corrected chi connectivity index (χ4v) is 0.574. The lowest BCUT2D eigenvalue weighted by Crippen LogP contribution is -2.35. The van der Waals surface area contributed by atoms with Crippen LogP contribution in [-0.4, -0.2) is 23.0 Å². The Morgan fingerprint density at radius 2 is 2.44 bits per heavy atom. The summed E-state index contributed by atoms with van der Waals surface area (Å²) in [6, 6.07) is 0. The molecule has 0 amide bonds. The lowest BCUT2D eigenvalue weighted by atomic mass is 10.8. The SMILES string of the molecule is CSC(=S)NNCCCl. The van der Waals surface area contributed by atoms with Gasteiger partial charge in [0.1, 0.15) is 4.32 Å². The number of alkyl halides is 1. The molecule has 0 saturated heterocycles. The maximum atomic E-state index is 5.38. The van der Waals surface area contributed by atoms with Crippen LogP contribution in [0.2, 0.25) is 0 Å². The number of rotatable bonds is 3. The summed E-state index contributed by atoms with van der Waals surface area (Å²) in [5, 5.41) is 0. The topological polar surface area (TPSA) is 24.1 Å². The molecule has 0 saturated carbocycles. The van der Waals surface area contributed by atoms with Crippen LogP contribution in [0.15, 0.2) is 0 Å². The molecule has 0 aliphatic heterocycles. The summed E-state index contributed by atoms with van der Waals surface area (Å²) in [5.74, 6) is 0.587. The minimum absolute atomic E-state index is 0.587. The molecule has 54 valence electrons. The van der Waals surface area contributed by atoms with E-state index in [1.165, 1.54) is 11.8 Å². The van der Waals surface area contributed by atoms with Crippen LogP contribution >= 0.6 is 35.6 Å². The first-order valence-corrected chi connectivity index (χ1v) is 4.60. The lowest BCUT2D eigenvalue weighted by molar-refractivity contribution is 0.700. The molecule has 2 nitrogen and oxygen atoms in total. The predicted molar refractivity (Wildman–Crippen MR) is 48.0 cm³/mol. The van der Waals surface area contributed by atoms with Gasteiger partial charge in [-0.25, -0.2) is 5.43 Å². The third kappa shape index (κ3) is 6.37. The molecular formula is C4H9ClN2S2. The van der Waals surface area contributed by atoms with Crippen LogP contribution in [0.4, 0.5) is 0 Å². The smallest absolute Gasteiger partial charge is 0.147 e. The fraction of sp³-hybridized carbons (Fsp3) is 0.750. The van der Waals surface area contributed by atoms with E-state index in [0.29, 0.717) is 5.88 Å². The zero-order valence-corrected chi connectivity index (χ0v) is 7.50. The third-order valence-electron chi connectivity index (χ3n) is 0.595. The Morgan fingerprint density at radius 3 is 2.89 bits per heavy atom. The van der Waals surface area contributed by atoms with E-state index in [-0.39, 0.29) is 0 Å². The van der Waals surface area contributed by atoms with Gasteiger partial charge in [0.2, 0.25) is 0 Å². The molecule has 0 fully saturated rings. The molecule has 0 aromatic rings. The molecule has 0 bridgehead atoms. The molecule has 0 spiro atoms. The van der Waals surface area contributed by atoms with Crippen LogP contribution in [0.5, 0.6) is 0 Å². The summed E-state index contributed by atoms with van der Waals surface area (Å²) in [4.78, 5) is 0. The zero-order chi connectivity index (χ0) is 7.11. The second-order valence-corrected chi connectivity index (χ2v) is 3.09. The first kappa shape index (κ1) is 9.49. The molecule has 0 unspecified atom stereocenters. The standard InChI is InChI=1S/C4H9ClN2S2/c1-9-4(8)7-6-3-2-5/h6H,2-3H2,1H3,(H,7,8). The van der Waals surface area contributed by atoms with Gasteiger partial charge in [0.25, 0.3) is 0 Å². The number of thioether (sulfide) groups is 1. The highest BCUT2D eigenvalue weighted by molar-refractivity contribution is 8.22. The van der Waals surface area contributed by atoms with E-state index in [0.717, 1.165) is 10.9 Å². The van der Waals surface area contributed by atoms with E-state index in [1.54, 1.807) is 0 Å². The van der Waals surface area contributed by atoms with E-state index < -0.39 is 0 Å². The molecule has 5 heteroatoms. The van der Waals surface area contributed by atoms with Crippen molar-refractivity contribution in [1.82, 2.24) is 10.9 Å². The quantitative estimate of drug-likeness (QED) is 0.296. The van der Waals surface area contributed by atoms with Gasteiger partial charge in [0, 0.05) is 12.4 Å². The average molecular weight is 185 g/mol. The van der Waals surface area contributed by atoms with Crippen molar-refractivity contribution >= 4 is 39.9 Å². The van der Waals surface area contributed by atoms with E-state index in [9.17, 15) is 0 Å². The number of hydrogen-bond donors (Lipinski definition) is 2. The van der Waals surface area contributed by atoms with Gasteiger partial charge in [0.15, 0.2) is 0 Å². The highest BCUT2D eigenvalue weighted by Crippen LogP contribution is 1.90. The summed E-state index contributed by atoms with van der Waals surface area (Å²) in [7, 11) is 0. The molecular weight excluding hydrogens is 176 g/mol. The Balaban J connectivity index is 2.97. The van der Waals surface area contributed by atoms with Crippen LogP contribution in [-0.2, 0) is 0 Å². The summed E-state index contributed by atoms with van der Waals surface area (Å²) < 4.78 is 0.736. The second-order valence-electron chi connectivity index (χ2n) is 1.23. The molecule has 0 rings (SSSR count). The van der Waals surface area contributed by atoms with Gasteiger partial charge in [-0.3, -0.25) is 0 Å². The van der Waals surface area contributed by atoms with E-state index in [1.807, 2.05) is 6.26 Å². The van der Waals surface area contributed by atoms with Crippen LogP contribution in [0.3, 0.4) is 0 Å². The lowest BCUT2D eigenvalue weighted by Gasteiger charge is -2.03. The molecule has 2 N–H and O–H groups in total. The molecule has 0 atom stereocenters. The Kier molecular flexibility index (Phi) is 6.97. The van der Waals surface area contributed by atoms with Crippen LogP contribution < -0.4 is 10.9 Å². The van der Waals surface area contributed by atoms with Crippen molar-refractivity contribution < 1.29 is 0 Å². The third-order valence-corrected chi connectivity index (χ3v) is 1.86. The van der Waals surface area contributed by atoms with Gasteiger partial charge < -0.3 is 5.43 Å². The summed E-state index contributed by atoms with van der Waals surface area (Å²) in [6.07, 6.45) is 1.91. The van der Waals surface area contributed by atoms with Crippen molar-refractivity contribution in [2.24, 2.45) is 0 Å². The van der Waals surface area contributed by atoms with Crippen molar-refractivity contribution in [1.29, 1.82) is 0 Å². The number of halogens is 1. The predicted octanol–water partition coefficient (Wildman–Crippen LogP) is 0.967. The highest BCUT2D eigenvalue weighted by Gasteiger charge is 1.87. The molecule has 0 aliphatic rings. The van der Waals surface area contributed by atoms with E-state index >= 15 is 0 Å². The summed E-state index contributed by atoms with van der Waals surface area (Å²) in [5.41, 5.74) is 5.63. The van der Waals surface area contributed by atoms with Gasteiger partial charge in [-0.1, -0.05) is 24.0 Å². The van der Waals surface area contributed by atoms with Gasteiger partial charge in [0.05, 0.1) is 0 Å². The Hall–Kier alpha value is 0.490. The van der Waals surface area contributed by atoms with Gasteiger partial charge >= 0.3 is 0 Å². The average Bonchev–Trinajstić information content (AvgIpc) is 1.89. The van der Waals surface area contributed by atoms with Crippen molar-refractivity contribution in [2.75, 3.05) is 18.7 Å². The van der Waals surface area contributed by atoms with Gasteiger partial charge in [-0.2, -0.15) is 0 Å². The van der Waals surface area contributed by atoms with E-state index in [4.69, 9.17) is 23.8 Å². The second kappa shape index (κ2) is 6.61. The molecule has 0 aromatic carbocycles. The maximum Gasteiger partial charge on any atom is 0.147 e. The largest absolute Gasteiger partial charge is 0.307 e. The van der Waals surface area contributed by atoms with Crippen molar-refractivity contribution in [3.8, 4) is 0 Å². The summed E-state index contributed by atoms with van der Waals surface area (Å²) >= 11 is 11.7. The minimum Gasteiger partial charge on any atom is -0.307 e. The van der Waals surface area contributed by atoms with E-state index in [2.05, 4.69) is 10.9 Å². The minimum atomic E-state index is 0.587. The number of hydrazine groups is 1. The fourth-order valence-electron chi connectivity index (χ4n) is 0.233. The van der Waals surface area contributed by atoms with Crippen LogP contribution in [0, 0.1) is 0 Å². The first-order chi connectivity index (χ1) is 4.31. The number of nitrogens with one attached hydrogen (secondary N) is 2. The van der Waals surface area contributed by atoms with Gasteiger partial charge in [-0.05, 0) is 6.26 Å². The Bertz CT molecular complexity index is 88.6. The Morgan fingerprint density at radius 1 is 1.78 bits per heavy atom. The highest BCUT2D eigenvalue weighted by atomic mass is 35.5. The van der Waals surface area contributed by atoms with Crippen molar-refractivity contribution in [3.63, 3.8) is 0 Å². The first-order valence-electron chi connectivity index (χ1n) is 2.44. The molecule has 0 aliphatic carbocycles. The van der Waals surface area contributed by atoms with Crippen LogP contribution in [0.1, 0.15) is 0 Å². The summed E-state index contributed by atoms with van der Waals surface area (Å²) in [6.45, 7) is 0.724. The molecule has 0 heterocycles. The van der Waals surface area contributed by atoms with Crippen molar-refractivity contribution in [3.05, 3.63) is 0 Å². The molecule has 0 radical (unpaired) electrons. The van der Waals surface area contributed by atoms with Crippen LogP contribution in [0.25, 0.3) is 0 Å². The Labute approximate surface area is 69.7 Å². The molecule has 9 heavy (non-hydrogen) atoms. The number of thiocarbonyl (C=S) groups is 1. The number of hydrogen-bond acceptors (Lipinski definition) is 3. The maximum absolute atomic E-state index is 5.38. The van der Waals surface area contributed by atoms with Gasteiger partial charge in [-0.15, -0.1) is 11.6 Å². The normalized spacial score (nSPS) is 9.11.